The Hall–Kier alpha value is 0.194. The second-order valence-corrected chi connectivity index (χ2v) is 11.0. The number of carbonyl (C=O) groups excluding carboxylic acids is 2. The summed E-state index contributed by atoms with van der Waals surface area (Å²) in [5.41, 5.74) is 13.2. The van der Waals surface area contributed by atoms with Crippen molar-refractivity contribution in [2.75, 3.05) is 6.61 Å². The van der Waals surface area contributed by atoms with Crippen LogP contribution in [0.1, 0.15) is 149 Å². The predicted octanol–water partition coefficient (Wildman–Crippen LogP) is 10.3. The molecule has 0 aromatic heterocycles. The summed E-state index contributed by atoms with van der Waals surface area (Å²) in [6.07, 6.45) is 22.7. The fraction of sp³-hybridized carbons (Fsp3) is 0.923. The van der Waals surface area contributed by atoms with E-state index in [1.54, 1.807) is 0 Å². The molecule has 34 heavy (non-hydrogen) atoms. The quantitative estimate of drug-likeness (QED) is 0.118. The molecule has 206 valence electrons. The molecule has 0 saturated heterocycles. The predicted molar refractivity (Wildman–Crippen MR) is 147 cm³/mol. The molecule has 0 unspecified atom stereocenters. The van der Waals surface area contributed by atoms with Crippen LogP contribution >= 0.6 is 18.6 Å². The molecule has 0 heterocycles. The first-order valence-electron chi connectivity index (χ1n) is 13.4. The van der Waals surface area contributed by atoms with Crippen molar-refractivity contribution in [3.05, 3.63) is 11.5 Å². The standard InChI is InChI=1S/C10H22O.2C8H17NO.2ClH.Ti/c1-2-3-4-5-6-7-8-9-10-11;2*1-2-3-4-5-6-7-8(9)10;;;/h11H,2-10H2,1H3;2*2-7H2,1H3,(H2,9,10);2*1H;/q;;;;;+2/p-4. The number of carbonyl (C=O) groups is 2. The molecule has 0 aliphatic carbocycles. The van der Waals surface area contributed by atoms with E-state index in [2.05, 4.69) is 20.8 Å². The molecular formula is C26H54Cl2N2O3Ti-2. The molecule has 0 aromatic rings. The van der Waals surface area contributed by atoms with Crippen molar-refractivity contribution in [1.29, 1.82) is 0 Å². The summed E-state index contributed by atoms with van der Waals surface area (Å²) in [6.45, 7) is 6.94. The van der Waals surface area contributed by atoms with Crippen LogP contribution in [0.2, 0.25) is 0 Å². The molecule has 5 nitrogen and oxygen atoms in total. The zero-order chi connectivity index (χ0) is 26.7. The zero-order valence-electron chi connectivity index (χ0n) is 22.4. The minimum absolute atomic E-state index is 0.370. The number of amides is 2. The van der Waals surface area contributed by atoms with Crippen molar-refractivity contribution >= 4 is 30.4 Å². The van der Waals surface area contributed by atoms with Crippen LogP contribution in [0.5, 0.6) is 0 Å². The van der Waals surface area contributed by atoms with Gasteiger partial charge in [-0.25, -0.2) is 0 Å². The van der Waals surface area contributed by atoms with E-state index < -0.39 is 28.8 Å². The summed E-state index contributed by atoms with van der Waals surface area (Å²) in [5.74, 6) is -0.840. The zero-order valence-corrected chi connectivity index (χ0v) is 25.4. The minimum atomic E-state index is -0.556. The van der Waals surface area contributed by atoms with Gasteiger partial charge in [-0.2, -0.15) is 0 Å². The Labute approximate surface area is 228 Å². The number of hydrogen-bond donors (Lipinski definition) is 1. The summed E-state index contributed by atoms with van der Waals surface area (Å²) in [5, 5.41) is 8.51. The normalized spacial score (nSPS) is 9.47. The van der Waals surface area contributed by atoms with Crippen molar-refractivity contribution in [3.63, 3.8) is 0 Å². The third kappa shape index (κ3) is 63.6. The van der Waals surface area contributed by atoms with Gasteiger partial charge in [0.2, 0.25) is 0 Å². The maximum atomic E-state index is 10.1. The molecule has 0 spiro atoms. The van der Waals surface area contributed by atoms with Crippen LogP contribution in [0.3, 0.4) is 0 Å². The molecule has 0 aromatic carbocycles. The topological polar surface area (TPSA) is 102 Å². The van der Waals surface area contributed by atoms with Crippen LogP contribution in [0, 0.1) is 0 Å². The monoisotopic (exact) mass is 560 g/mol. The average molecular weight is 562 g/mol. The van der Waals surface area contributed by atoms with E-state index >= 15 is 0 Å². The molecule has 0 rings (SSSR count). The van der Waals surface area contributed by atoms with Gasteiger partial charge in [-0.05, 0) is 32.1 Å². The molecule has 8 heteroatoms. The molecule has 0 fully saturated rings. The van der Waals surface area contributed by atoms with E-state index in [0.29, 0.717) is 19.4 Å². The third-order valence-corrected chi connectivity index (χ3v) is 5.03. The van der Waals surface area contributed by atoms with Crippen LogP contribution in [0.4, 0.5) is 0 Å². The summed E-state index contributed by atoms with van der Waals surface area (Å²) in [7, 11) is 9.78. The fourth-order valence-corrected chi connectivity index (χ4v) is 3.02. The number of nitrogens with one attached hydrogen (secondary N) is 2. The van der Waals surface area contributed by atoms with E-state index in [1.165, 1.54) is 83.5 Å². The average Bonchev–Trinajstić information content (AvgIpc) is 2.79. The molecular weight excluding hydrogens is 507 g/mol. The molecule has 0 aliphatic rings. The Morgan fingerprint density at radius 1 is 0.559 bits per heavy atom. The van der Waals surface area contributed by atoms with Crippen molar-refractivity contribution in [3.8, 4) is 0 Å². The van der Waals surface area contributed by atoms with Gasteiger partial charge >= 0.3 is 35.6 Å². The number of unbranched alkanes of at least 4 members (excludes halogenated alkanes) is 15. The third-order valence-electron chi connectivity index (χ3n) is 5.03. The molecule has 0 saturated carbocycles. The maximum absolute atomic E-state index is 10.1. The van der Waals surface area contributed by atoms with Crippen LogP contribution in [0.15, 0.2) is 0 Å². The van der Waals surface area contributed by atoms with Crippen molar-refractivity contribution in [1.82, 2.24) is 0 Å². The Morgan fingerprint density at radius 3 is 1.03 bits per heavy atom. The summed E-state index contributed by atoms with van der Waals surface area (Å²) >= 11 is -0.556. The summed E-state index contributed by atoms with van der Waals surface area (Å²) < 4.78 is 0. The summed E-state index contributed by atoms with van der Waals surface area (Å²) in [6, 6.07) is 0. The van der Waals surface area contributed by atoms with Crippen molar-refractivity contribution in [2.45, 2.75) is 149 Å². The van der Waals surface area contributed by atoms with Crippen LogP contribution in [-0.2, 0) is 26.6 Å². The molecule has 2 amide bonds. The van der Waals surface area contributed by atoms with Gasteiger partial charge in [0.1, 0.15) is 0 Å². The molecule has 0 aliphatic heterocycles. The summed E-state index contributed by atoms with van der Waals surface area (Å²) in [4.78, 5) is 20.3. The van der Waals surface area contributed by atoms with Gasteiger partial charge in [-0.3, -0.25) is 0 Å². The molecule has 0 atom stereocenters. The SMILES string of the molecule is CCCCCCCC([NH-])=O.CCCCCCCC([NH-])=O.CCCCCCCCCCO.[Cl][Ti][Cl]. The van der Waals surface area contributed by atoms with Gasteiger partial charge in [0, 0.05) is 18.4 Å². The Kier molecular flexibility index (Phi) is 52.6. The number of halogens is 2. The molecule has 0 bridgehead atoms. The van der Waals surface area contributed by atoms with Crippen molar-refractivity contribution < 1.29 is 31.7 Å². The number of rotatable bonds is 20. The molecule has 3 N–H and O–H groups in total. The van der Waals surface area contributed by atoms with Crippen molar-refractivity contribution in [2.24, 2.45) is 0 Å². The van der Waals surface area contributed by atoms with E-state index in [4.69, 9.17) is 35.2 Å². The Bertz CT molecular complexity index is 348. The molecule has 0 radical (unpaired) electrons. The van der Waals surface area contributed by atoms with Gasteiger partial charge < -0.3 is 26.2 Å². The number of aliphatic hydroxyl groups excluding tert-OH is 1. The second-order valence-electron chi connectivity index (χ2n) is 8.44. The van der Waals surface area contributed by atoms with E-state index in [1.807, 2.05) is 0 Å². The van der Waals surface area contributed by atoms with E-state index in [9.17, 15) is 9.59 Å². The number of hydrogen-bond acceptors (Lipinski definition) is 3. The number of aliphatic hydroxyl groups is 1. The van der Waals surface area contributed by atoms with Crippen LogP contribution in [-0.4, -0.2) is 23.5 Å². The first kappa shape index (κ1) is 41.3. The first-order valence-corrected chi connectivity index (χ1v) is 17.7. The van der Waals surface area contributed by atoms with Crippen LogP contribution < -0.4 is 0 Å². The Balaban J connectivity index is -0.000000187. The Morgan fingerprint density at radius 2 is 0.794 bits per heavy atom. The van der Waals surface area contributed by atoms with Gasteiger partial charge in [-0.15, -0.1) is 0 Å². The first-order chi connectivity index (χ1) is 16.4. The van der Waals surface area contributed by atoms with Gasteiger partial charge in [0.15, 0.2) is 0 Å². The second kappa shape index (κ2) is 43.3. The van der Waals surface area contributed by atoms with Crippen LogP contribution in [0.25, 0.3) is 11.5 Å². The fourth-order valence-electron chi connectivity index (χ4n) is 3.02. The van der Waals surface area contributed by atoms with E-state index in [-0.39, 0.29) is 0 Å². The van der Waals surface area contributed by atoms with Gasteiger partial charge in [0.05, 0.1) is 0 Å². The van der Waals surface area contributed by atoms with Gasteiger partial charge in [-0.1, -0.05) is 117 Å². The van der Waals surface area contributed by atoms with Gasteiger partial charge in [0.25, 0.3) is 0 Å². The van der Waals surface area contributed by atoms with E-state index in [0.717, 1.165) is 32.1 Å².